The fraction of sp³-hybridized carbons (Fsp3) is 0.600. The molecule has 7 heteroatoms. The monoisotopic (exact) mass is 299 g/mol. The molecule has 0 aromatic heterocycles. The van der Waals surface area contributed by atoms with Crippen molar-refractivity contribution in [2.45, 2.75) is 9.46 Å². The van der Waals surface area contributed by atoms with Gasteiger partial charge in [-0.25, -0.2) is 4.79 Å². The van der Waals surface area contributed by atoms with Crippen molar-refractivity contribution in [3.63, 3.8) is 0 Å². The number of nitrogens with one attached hydrogen (secondary N) is 1. The molecule has 0 radical (unpaired) electrons. The van der Waals surface area contributed by atoms with Gasteiger partial charge in [-0.2, -0.15) is 4.99 Å². The predicted octanol–water partition coefficient (Wildman–Crippen LogP) is 0.525. The van der Waals surface area contributed by atoms with Gasteiger partial charge in [-0.05, 0) is 0 Å². The van der Waals surface area contributed by atoms with Crippen LogP contribution >= 0.6 is 31.9 Å². The van der Waals surface area contributed by atoms with Crippen LogP contribution in [0.3, 0.4) is 0 Å². The van der Waals surface area contributed by atoms with Crippen molar-refractivity contribution in [2.24, 2.45) is 10.7 Å². The normalized spacial score (nSPS) is 27.8. The minimum atomic E-state index is -0.817. The Kier molecular flexibility index (Phi) is 2.74. The number of hydrogen-bond donors (Lipinski definition) is 2. The number of amides is 2. The first kappa shape index (κ1) is 9.94. The first-order chi connectivity index (χ1) is 5.48. The fourth-order valence-electron chi connectivity index (χ4n) is 0.760. The molecular formula is C5H7Br2N3O2. The molecule has 1 aliphatic heterocycles. The lowest BCUT2D eigenvalue weighted by atomic mass is 10.3. The van der Waals surface area contributed by atoms with Gasteiger partial charge in [0.15, 0.2) is 9.46 Å². The van der Waals surface area contributed by atoms with Crippen molar-refractivity contribution in [2.75, 3.05) is 7.11 Å². The van der Waals surface area contributed by atoms with Crippen molar-refractivity contribution < 1.29 is 9.53 Å². The highest BCUT2D eigenvalue weighted by molar-refractivity contribution is 9.26. The molecule has 1 rings (SSSR count). The van der Waals surface area contributed by atoms with Crippen LogP contribution in [0, 0.1) is 0 Å². The molecule has 12 heavy (non-hydrogen) atoms. The number of halogens is 2. The quantitative estimate of drug-likeness (QED) is 0.693. The van der Waals surface area contributed by atoms with Crippen molar-refractivity contribution in [1.82, 2.24) is 5.32 Å². The number of nitrogens with zero attached hydrogens (tertiary/aromatic N) is 1. The highest BCUT2D eigenvalue weighted by Gasteiger charge is 2.42. The summed E-state index contributed by atoms with van der Waals surface area (Å²) in [5.74, 6) is 0.137. The van der Waals surface area contributed by atoms with E-state index in [2.05, 4.69) is 42.2 Å². The van der Waals surface area contributed by atoms with E-state index in [0.717, 1.165) is 0 Å². The predicted molar refractivity (Wildman–Crippen MR) is 51.5 cm³/mol. The van der Waals surface area contributed by atoms with Gasteiger partial charge >= 0.3 is 6.03 Å². The summed E-state index contributed by atoms with van der Waals surface area (Å²) in [6.07, 6.45) is -0.567. The van der Waals surface area contributed by atoms with E-state index in [9.17, 15) is 4.79 Å². The SMILES string of the molecule is COC1NC(=O)N=C(N)C1(Br)Br. The van der Waals surface area contributed by atoms with Crippen LogP contribution in [0.15, 0.2) is 4.99 Å². The van der Waals surface area contributed by atoms with E-state index in [1.807, 2.05) is 0 Å². The maximum atomic E-state index is 10.8. The van der Waals surface area contributed by atoms with Crippen molar-refractivity contribution in [3.8, 4) is 0 Å². The minimum absolute atomic E-state index is 0.137. The summed E-state index contributed by atoms with van der Waals surface area (Å²) >= 11 is 6.47. The van der Waals surface area contributed by atoms with Gasteiger partial charge in [0.25, 0.3) is 0 Å². The Morgan fingerprint density at radius 3 is 2.83 bits per heavy atom. The Bertz CT molecular complexity index is 241. The van der Waals surface area contributed by atoms with Crippen LogP contribution in [0.4, 0.5) is 4.79 Å². The van der Waals surface area contributed by atoms with E-state index in [1.54, 1.807) is 0 Å². The molecule has 68 valence electrons. The van der Waals surface area contributed by atoms with Crippen LogP contribution in [0.2, 0.25) is 0 Å². The molecule has 0 spiro atoms. The smallest absolute Gasteiger partial charge is 0.344 e. The molecule has 0 aromatic rings. The molecule has 0 aliphatic carbocycles. The zero-order chi connectivity index (χ0) is 9.35. The molecule has 1 heterocycles. The first-order valence-corrected chi connectivity index (χ1v) is 4.63. The van der Waals surface area contributed by atoms with Gasteiger partial charge in [-0.3, -0.25) is 0 Å². The molecule has 1 atom stereocenters. The first-order valence-electron chi connectivity index (χ1n) is 3.04. The Morgan fingerprint density at radius 2 is 2.33 bits per heavy atom. The Morgan fingerprint density at radius 1 is 1.75 bits per heavy atom. The van der Waals surface area contributed by atoms with Crippen molar-refractivity contribution in [1.29, 1.82) is 0 Å². The molecular weight excluding hydrogens is 294 g/mol. The molecule has 0 saturated heterocycles. The Hall–Kier alpha value is -0.140. The summed E-state index contributed by atoms with van der Waals surface area (Å²) in [7, 11) is 1.46. The van der Waals surface area contributed by atoms with Gasteiger partial charge in [0.1, 0.15) is 5.84 Å². The third-order valence-corrected chi connectivity index (χ3v) is 3.03. The maximum absolute atomic E-state index is 10.8. The summed E-state index contributed by atoms with van der Waals surface area (Å²) in [6.45, 7) is 0. The van der Waals surface area contributed by atoms with Crippen LogP contribution < -0.4 is 11.1 Å². The van der Waals surface area contributed by atoms with Crippen LogP contribution in [0.1, 0.15) is 0 Å². The summed E-state index contributed by atoms with van der Waals surface area (Å²) in [5.41, 5.74) is 5.48. The highest BCUT2D eigenvalue weighted by atomic mass is 79.9. The number of ether oxygens (including phenoxy) is 1. The molecule has 5 nitrogen and oxygen atoms in total. The van der Waals surface area contributed by atoms with Crippen molar-refractivity contribution >= 4 is 43.7 Å². The number of aliphatic imine (C=N–C) groups is 1. The van der Waals surface area contributed by atoms with E-state index < -0.39 is 15.5 Å². The van der Waals surface area contributed by atoms with Gasteiger partial charge in [0, 0.05) is 7.11 Å². The fourth-order valence-corrected chi connectivity index (χ4v) is 1.54. The summed E-state index contributed by atoms with van der Waals surface area (Å²) < 4.78 is 4.14. The van der Waals surface area contributed by atoms with Crippen LogP contribution in [-0.4, -0.2) is 28.4 Å². The molecule has 0 saturated carbocycles. The maximum Gasteiger partial charge on any atom is 0.344 e. The summed E-state index contributed by atoms with van der Waals surface area (Å²) in [5, 5.41) is 2.46. The van der Waals surface area contributed by atoms with Crippen molar-refractivity contribution in [3.05, 3.63) is 0 Å². The largest absolute Gasteiger partial charge is 0.385 e. The number of hydrogen-bond acceptors (Lipinski definition) is 3. The lowest BCUT2D eigenvalue weighted by Gasteiger charge is -2.31. The number of alkyl halides is 2. The van der Waals surface area contributed by atoms with Crippen LogP contribution in [0.5, 0.6) is 0 Å². The van der Waals surface area contributed by atoms with Gasteiger partial charge in [0.05, 0.1) is 0 Å². The van der Waals surface area contributed by atoms with E-state index in [1.165, 1.54) is 7.11 Å². The van der Waals surface area contributed by atoms with Gasteiger partial charge in [0.2, 0.25) is 0 Å². The number of urea groups is 1. The summed E-state index contributed by atoms with van der Waals surface area (Å²) in [6, 6.07) is -0.506. The van der Waals surface area contributed by atoms with E-state index in [4.69, 9.17) is 10.5 Å². The molecule has 0 aromatic carbocycles. The second-order valence-electron chi connectivity index (χ2n) is 2.19. The van der Waals surface area contributed by atoms with E-state index in [0.29, 0.717) is 0 Å². The number of carbonyl (C=O) groups is 1. The minimum Gasteiger partial charge on any atom is -0.385 e. The number of nitrogens with two attached hydrogens (primary N) is 1. The molecule has 2 amide bonds. The standard InChI is InChI=1S/C5H7Br2N3O2/c1-12-3-5(6,7)2(8)9-4(11)10-3/h3H,1H3,(H3,8,9,10,11). The van der Waals surface area contributed by atoms with Gasteiger partial charge in [-0.15, -0.1) is 0 Å². The number of methoxy groups -OCH3 is 1. The summed E-state index contributed by atoms with van der Waals surface area (Å²) in [4.78, 5) is 14.3. The average Bonchev–Trinajstić information content (AvgIpc) is 1.97. The lowest BCUT2D eigenvalue weighted by molar-refractivity contribution is 0.0857. The van der Waals surface area contributed by atoms with E-state index >= 15 is 0 Å². The van der Waals surface area contributed by atoms with E-state index in [-0.39, 0.29) is 5.84 Å². The second-order valence-corrected chi connectivity index (χ2v) is 5.75. The van der Waals surface area contributed by atoms with Crippen LogP contribution in [0.25, 0.3) is 0 Å². The highest BCUT2D eigenvalue weighted by Crippen LogP contribution is 2.32. The molecule has 0 bridgehead atoms. The number of rotatable bonds is 1. The zero-order valence-electron chi connectivity index (χ0n) is 6.17. The third-order valence-electron chi connectivity index (χ3n) is 1.38. The van der Waals surface area contributed by atoms with Gasteiger partial charge < -0.3 is 15.8 Å². The number of amidine groups is 1. The Balaban J connectivity index is 2.96. The lowest BCUT2D eigenvalue weighted by Crippen LogP contribution is -2.57. The molecule has 1 unspecified atom stereocenters. The third kappa shape index (κ3) is 1.62. The van der Waals surface area contributed by atoms with Gasteiger partial charge in [-0.1, -0.05) is 31.9 Å². The topological polar surface area (TPSA) is 76.7 Å². The number of carbonyl (C=O) groups excluding carboxylic acids is 1. The molecule has 1 aliphatic rings. The molecule has 0 fully saturated rings. The Labute approximate surface area is 86.0 Å². The second kappa shape index (κ2) is 3.31. The van der Waals surface area contributed by atoms with Crippen LogP contribution in [-0.2, 0) is 4.74 Å². The zero-order valence-corrected chi connectivity index (χ0v) is 9.35. The molecule has 3 N–H and O–H groups in total. The average molecular weight is 301 g/mol.